The van der Waals surface area contributed by atoms with Crippen LogP contribution in [0.3, 0.4) is 0 Å². The van der Waals surface area contributed by atoms with Gasteiger partial charge in [-0.05, 0) is 38.0 Å². The van der Waals surface area contributed by atoms with Crippen molar-refractivity contribution in [3.8, 4) is 0 Å². The van der Waals surface area contributed by atoms with Crippen molar-refractivity contribution in [3.63, 3.8) is 0 Å². The number of halogens is 3. The lowest BCUT2D eigenvalue weighted by Gasteiger charge is -2.18. The minimum Gasteiger partial charge on any atom is -0.393 e. The first-order valence-electron chi connectivity index (χ1n) is 6.47. The van der Waals surface area contributed by atoms with Gasteiger partial charge in [-0.15, -0.1) is 0 Å². The van der Waals surface area contributed by atoms with Gasteiger partial charge in [0.05, 0.1) is 17.8 Å². The predicted octanol–water partition coefficient (Wildman–Crippen LogP) is 2.49. The summed E-state index contributed by atoms with van der Waals surface area (Å²) in [5.74, 6) is 0. The van der Waals surface area contributed by atoms with Crippen LogP contribution in [0.5, 0.6) is 0 Å². The molecule has 6 heteroatoms. The van der Waals surface area contributed by atoms with E-state index in [0.717, 1.165) is 12.1 Å². The molecule has 1 aromatic carbocycles. The highest BCUT2D eigenvalue weighted by Gasteiger charge is 2.30. The number of hydrogen-bond acceptors (Lipinski definition) is 3. The Balaban J connectivity index is 2.54. The van der Waals surface area contributed by atoms with Crippen LogP contribution in [0.15, 0.2) is 24.3 Å². The first-order chi connectivity index (χ1) is 9.20. The molecule has 1 aromatic rings. The highest BCUT2D eigenvalue weighted by atomic mass is 19.4. The fraction of sp³-hybridized carbons (Fsp3) is 0.571. The summed E-state index contributed by atoms with van der Waals surface area (Å²) >= 11 is 0. The minimum absolute atomic E-state index is 0.0131. The number of hydrogen-bond donors (Lipinski definition) is 3. The van der Waals surface area contributed by atoms with E-state index in [1.807, 2.05) is 6.92 Å². The molecule has 114 valence electrons. The van der Waals surface area contributed by atoms with E-state index in [4.69, 9.17) is 0 Å². The van der Waals surface area contributed by atoms with E-state index in [1.54, 1.807) is 6.92 Å². The van der Waals surface area contributed by atoms with Crippen LogP contribution in [-0.2, 0) is 6.18 Å². The lowest BCUT2D eigenvalue weighted by molar-refractivity contribution is -0.137. The van der Waals surface area contributed by atoms with Gasteiger partial charge in [0.25, 0.3) is 0 Å². The van der Waals surface area contributed by atoms with Crippen LogP contribution in [-0.4, -0.2) is 28.9 Å². The molecule has 0 aliphatic rings. The average molecular weight is 291 g/mol. The van der Waals surface area contributed by atoms with Gasteiger partial charge in [-0.2, -0.15) is 13.2 Å². The molecule has 0 spiro atoms. The van der Waals surface area contributed by atoms with Crippen LogP contribution < -0.4 is 5.32 Å². The van der Waals surface area contributed by atoms with Crippen LogP contribution in [0, 0.1) is 0 Å². The van der Waals surface area contributed by atoms with Gasteiger partial charge in [-0.25, -0.2) is 0 Å². The van der Waals surface area contributed by atoms with Gasteiger partial charge in [-0.1, -0.05) is 12.1 Å². The quantitative estimate of drug-likeness (QED) is 0.755. The maximum absolute atomic E-state index is 12.4. The molecule has 0 aliphatic heterocycles. The molecule has 0 fully saturated rings. The third-order valence-electron chi connectivity index (χ3n) is 2.98. The van der Waals surface area contributed by atoms with Gasteiger partial charge in [0, 0.05) is 12.6 Å². The Morgan fingerprint density at radius 3 is 2.10 bits per heavy atom. The van der Waals surface area contributed by atoms with E-state index in [1.165, 1.54) is 12.1 Å². The van der Waals surface area contributed by atoms with Crippen LogP contribution in [0.25, 0.3) is 0 Å². The van der Waals surface area contributed by atoms with E-state index in [-0.39, 0.29) is 12.6 Å². The van der Waals surface area contributed by atoms with Gasteiger partial charge < -0.3 is 15.5 Å². The highest BCUT2D eigenvalue weighted by molar-refractivity contribution is 5.26. The van der Waals surface area contributed by atoms with E-state index in [2.05, 4.69) is 5.32 Å². The maximum Gasteiger partial charge on any atom is 0.416 e. The van der Waals surface area contributed by atoms with Crippen molar-refractivity contribution in [3.05, 3.63) is 35.4 Å². The Labute approximate surface area is 116 Å². The van der Waals surface area contributed by atoms with Crippen molar-refractivity contribution in [1.29, 1.82) is 0 Å². The van der Waals surface area contributed by atoms with Gasteiger partial charge >= 0.3 is 6.18 Å². The lowest BCUT2D eigenvalue weighted by atomic mass is 10.1. The first-order valence-corrected chi connectivity index (χ1v) is 6.47. The fourth-order valence-electron chi connectivity index (χ4n) is 1.92. The van der Waals surface area contributed by atoms with Crippen LogP contribution in [0.4, 0.5) is 13.2 Å². The Morgan fingerprint density at radius 2 is 1.65 bits per heavy atom. The van der Waals surface area contributed by atoms with Crippen molar-refractivity contribution >= 4 is 0 Å². The summed E-state index contributed by atoms with van der Waals surface area (Å²) in [4.78, 5) is 0. The summed E-state index contributed by atoms with van der Waals surface area (Å²) in [5, 5.41) is 22.1. The second-order valence-corrected chi connectivity index (χ2v) is 5.03. The zero-order valence-electron chi connectivity index (χ0n) is 11.5. The summed E-state index contributed by atoms with van der Waals surface area (Å²) in [5.41, 5.74) is -0.307. The third kappa shape index (κ3) is 5.48. The van der Waals surface area contributed by atoms with Crippen LogP contribution >= 0.6 is 0 Å². The number of rotatable bonds is 6. The second kappa shape index (κ2) is 7.06. The van der Waals surface area contributed by atoms with E-state index >= 15 is 0 Å². The number of nitrogens with one attached hydrogen (secondary N) is 1. The molecule has 0 saturated heterocycles. The molecule has 3 nitrogen and oxygen atoms in total. The van der Waals surface area contributed by atoms with Crippen molar-refractivity contribution in [2.24, 2.45) is 0 Å². The molecular weight excluding hydrogens is 271 g/mol. The molecule has 0 aliphatic carbocycles. The smallest absolute Gasteiger partial charge is 0.393 e. The molecule has 0 radical (unpaired) electrons. The van der Waals surface area contributed by atoms with Crippen molar-refractivity contribution in [2.45, 2.75) is 44.7 Å². The zero-order valence-corrected chi connectivity index (χ0v) is 11.5. The van der Waals surface area contributed by atoms with Gasteiger partial charge in [0.1, 0.15) is 0 Å². The second-order valence-electron chi connectivity index (χ2n) is 5.03. The van der Waals surface area contributed by atoms with E-state index in [9.17, 15) is 23.4 Å². The predicted molar refractivity (Wildman–Crippen MR) is 70.2 cm³/mol. The Bertz CT molecular complexity index is 404. The normalized spacial score (nSPS) is 16.8. The largest absolute Gasteiger partial charge is 0.416 e. The standard InChI is InChI=1S/C14H20F3NO2/c1-9(7-10(2)19)18-8-13(20)11-3-5-12(6-4-11)14(15,16)17/h3-6,9-10,13,18-20H,7-8H2,1-2H3. The Hall–Kier alpha value is -1.11. The van der Waals surface area contributed by atoms with Gasteiger partial charge in [0.15, 0.2) is 0 Å². The number of aliphatic hydroxyl groups is 2. The summed E-state index contributed by atoms with van der Waals surface area (Å²) in [7, 11) is 0. The molecular formula is C14H20F3NO2. The van der Waals surface area contributed by atoms with Gasteiger partial charge in [-0.3, -0.25) is 0 Å². The monoisotopic (exact) mass is 291 g/mol. The maximum atomic E-state index is 12.4. The summed E-state index contributed by atoms with van der Waals surface area (Å²) in [6, 6.07) is 4.47. The molecule has 20 heavy (non-hydrogen) atoms. The van der Waals surface area contributed by atoms with Crippen LogP contribution in [0.1, 0.15) is 37.5 Å². The number of alkyl halides is 3. The molecule has 3 unspecified atom stereocenters. The molecule has 0 saturated carbocycles. The van der Waals surface area contributed by atoms with E-state index < -0.39 is 23.9 Å². The average Bonchev–Trinajstić information content (AvgIpc) is 2.34. The molecule has 0 bridgehead atoms. The Morgan fingerprint density at radius 1 is 1.10 bits per heavy atom. The summed E-state index contributed by atoms with van der Waals surface area (Å²) in [6.07, 6.45) is -5.15. The van der Waals surface area contributed by atoms with E-state index in [0.29, 0.717) is 12.0 Å². The summed E-state index contributed by atoms with van der Waals surface area (Å²) < 4.78 is 37.2. The van der Waals surface area contributed by atoms with Crippen molar-refractivity contribution in [2.75, 3.05) is 6.54 Å². The topological polar surface area (TPSA) is 52.5 Å². The Kier molecular flexibility index (Phi) is 5.98. The van der Waals surface area contributed by atoms with Crippen molar-refractivity contribution < 1.29 is 23.4 Å². The molecule has 0 heterocycles. The highest BCUT2D eigenvalue weighted by Crippen LogP contribution is 2.29. The zero-order chi connectivity index (χ0) is 15.3. The molecule has 3 N–H and O–H groups in total. The lowest BCUT2D eigenvalue weighted by Crippen LogP contribution is -2.32. The molecule has 0 aromatic heterocycles. The third-order valence-corrected chi connectivity index (χ3v) is 2.98. The molecule has 3 atom stereocenters. The van der Waals surface area contributed by atoms with Crippen LogP contribution in [0.2, 0.25) is 0 Å². The van der Waals surface area contributed by atoms with Crippen molar-refractivity contribution in [1.82, 2.24) is 5.32 Å². The fourth-order valence-corrected chi connectivity index (χ4v) is 1.92. The molecule has 0 amide bonds. The minimum atomic E-state index is -4.37. The SMILES string of the molecule is CC(O)CC(C)NCC(O)c1ccc(C(F)(F)F)cc1. The molecule has 1 rings (SSSR count). The first kappa shape index (κ1) is 16.9. The number of aliphatic hydroxyl groups excluding tert-OH is 2. The summed E-state index contributed by atoms with van der Waals surface area (Å²) in [6.45, 7) is 3.76. The van der Waals surface area contributed by atoms with Gasteiger partial charge in [0.2, 0.25) is 0 Å². The number of benzene rings is 1.